The van der Waals surface area contributed by atoms with Crippen molar-refractivity contribution in [3.05, 3.63) is 64.2 Å². The molecule has 2 nitrogen and oxygen atoms in total. The minimum atomic E-state index is -0.0247. The van der Waals surface area contributed by atoms with Gasteiger partial charge >= 0.3 is 0 Å². The minimum Gasteiger partial charge on any atom is -0.392 e. The average Bonchev–Trinajstić information content (AvgIpc) is 2.44. The lowest BCUT2D eigenvalue weighted by atomic mass is 10.1. The fourth-order valence-corrected chi connectivity index (χ4v) is 2.51. The third-order valence-electron chi connectivity index (χ3n) is 3.41. The van der Waals surface area contributed by atoms with Gasteiger partial charge in [0, 0.05) is 23.8 Å². The Morgan fingerprint density at radius 2 is 1.95 bits per heavy atom. The predicted molar refractivity (Wildman–Crippen MR) is 85.3 cm³/mol. The number of anilines is 1. The largest absolute Gasteiger partial charge is 0.392 e. The molecule has 0 saturated carbocycles. The van der Waals surface area contributed by atoms with E-state index < -0.39 is 0 Å². The number of hydrogen-bond acceptors (Lipinski definition) is 2. The standard InChI is InChI=1S/C17H20ClNO/c1-3-19(11-14-6-4-5-13(2)9-14)16-8-7-15(12-20)17(18)10-16/h4-10,20H,3,11-12H2,1-2H3. The molecule has 0 radical (unpaired) electrons. The van der Waals surface area contributed by atoms with E-state index in [9.17, 15) is 5.11 Å². The predicted octanol–water partition coefficient (Wildman–Crippen LogP) is 4.17. The highest BCUT2D eigenvalue weighted by Gasteiger charge is 2.08. The zero-order valence-electron chi connectivity index (χ0n) is 11.9. The Hall–Kier alpha value is -1.51. The molecule has 0 heterocycles. The maximum atomic E-state index is 9.17. The van der Waals surface area contributed by atoms with E-state index in [0.717, 1.165) is 24.3 Å². The van der Waals surface area contributed by atoms with Gasteiger partial charge in [0.05, 0.1) is 6.61 Å². The molecule has 2 aromatic rings. The molecule has 106 valence electrons. The smallest absolute Gasteiger partial charge is 0.0696 e. The van der Waals surface area contributed by atoms with Crippen molar-refractivity contribution in [3.8, 4) is 0 Å². The average molecular weight is 290 g/mol. The number of nitrogens with zero attached hydrogens (tertiary/aromatic N) is 1. The van der Waals surface area contributed by atoms with Gasteiger partial charge in [-0.05, 0) is 37.1 Å². The van der Waals surface area contributed by atoms with Gasteiger partial charge in [-0.15, -0.1) is 0 Å². The molecular weight excluding hydrogens is 270 g/mol. The molecule has 0 unspecified atom stereocenters. The first-order chi connectivity index (χ1) is 9.63. The Morgan fingerprint density at radius 3 is 2.55 bits per heavy atom. The molecule has 0 aliphatic carbocycles. The molecule has 1 N–H and O–H groups in total. The van der Waals surface area contributed by atoms with Crippen molar-refractivity contribution in [3.63, 3.8) is 0 Å². The van der Waals surface area contributed by atoms with Crippen LogP contribution in [0.15, 0.2) is 42.5 Å². The fraction of sp³-hybridized carbons (Fsp3) is 0.294. The Bertz CT molecular complexity index is 583. The lowest BCUT2D eigenvalue weighted by molar-refractivity contribution is 0.282. The summed E-state index contributed by atoms with van der Waals surface area (Å²) in [5.74, 6) is 0. The number of rotatable bonds is 5. The maximum absolute atomic E-state index is 9.17. The quantitative estimate of drug-likeness (QED) is 0.893. The summed E-state index contributed by atoms with van der Waals surface area (Å²) in [4.78, 5) is 2.27. The van der Waals surface area contributed by atoms with Crippen molar-refractivity contribution < 1.29 is 5.11 Å². The highest BCUT2D eigenvalue weighted by Crippen LogP contribution is 2.25. The van der Waals surface area contributed by atoms with Gasteiger partial charge in [-0.25, -0.2) is 0 Å². The monoisotopic (exact) mass is 289 g/mol. The fourth-order valence-electron chi connectivity index (χ4n) is 2.28. The van der Waals surface area contributed by atoms with Crippen LogP contribution in [0.4, 0.5) is 5.69 Å². The third kappa shape index (κ3) is 3.53. The van der Waals surface area contributed by atoms with E-state index in [0.29, 0.717) is 5.02 Å². The molecule has 2 rings (SSSR count). The van der Waals surface area contributed by atoms with Gasteiger partial charge in [0.15, 0.2) is 0 Å². The van der Waals surface area contributed by atoms with Crippen molar-refractivity contribution in [1.82, 2.24) is 0 Å². The van der Waals surface area contributed by atoms with Gasteiger partial charge in [0.2, 0.25) is 0 Å². The van der Waals surface area contributed by atoms with E-state index >= 15 is 0 Å². The van der Waals surface area contributed by atoms with Gasteiger partial charge in [-0.2, -0.15) is 0 Å². The van der Waals surface area contributed by atoms with E-state index in [4.69, 9.17) is 11.6 Å². The van der Waals surface area contributed by atoms with Crippen LogP contribution in [0, 0.1) is 6.92 Å². The molecule has 0 aliphatic heterocycles. The zero-order chi connectivity index (χ0) is 14.5. The van der Waals surface area contributed by atoms with Crippen LogP contribution in [0.3, 0.4) is 0 Å². The number of aliphatic hydroxyl groups is 1. The second kappa shape index (κ2) is 6.78. The summed E-state index contributed by atoms with van der Waals surface area (Å²) in [5.41, 5.74) is 4.40. The second-order valence-corrected chi connectivity index (χ2v) is 5.34. The summed E-state index contributed by atoms with van der Waals surface area (Å²) < 4.78 is 0. The van der Waals surface area contributed by atoms with Crippen molar-refractivity contribution in [2.24, 2.45) is 0 Å². The van der Waals surface area contributed by atoms with Crippen molar-refractivity contribution in [2.75, 3.05) is 11.4 Å². The summed E-state index contributed by atoms with van der Waals surface area (Å²) in [7, 11) is 0. The molecule has 2 aromatic carbocycles. The van der Waals surface area contributed by atoms with Crippen molar-refractivity contribution in [2.45, 2.75) is 27.0 Å². The maximum Gasteiger partial charge on any atom is 0.0696 e. The zero-order valence-corrected chi connectivity index (χ0v) is 12.7. The Morgan fingerprint density at radius 1 is 1.15 bits per heavy atom. The van der Waals surface area contributed by atoms with E-state index in [2.05, 4.69) is 43.0 Å². The van der Waals surface area contributed by atoms with Crippen LogP contribution in [-0.4, -0.2) is 11.7 Å². The summed E-state index contributed by atoms with van der Waals surface area (Å²) >= 11 is 6.17. The highest BCUT2D eigenvalue weighted by atomic mass is 35.5. The number of hydrogen-bond donors (Lipinski definition) is 1. The van der Waals surface area contributed by atoms with Crippen LogP contribution in [0.25, 0.3) is 0 Å². The highest BCUT2D eigenvalue weighted by molar-refractivity contribution is 6.31. The number of aliphatic hydroxyl groups excluding tert-OH is 1. The Kier molecular flexibility index (Phi) is 5.05. The summed E-state index contributed by atoms with van der Waals surface area (Å²) in [6, 6.07) is 14.3. The summed E-state index contributed by atoms with van der Waals surface area (Å²) in [5, 5.41) is 9.79. The van der Waals surface area contributed by atoms with Crippen molar-refractivity contribution >= 4 is 17.3 Å². The van der Waals surface area contributed by atoms with E-state index in [1.165, 1.54) is 11.1 Å². The molecule has 0 atom stereocenters. The van der Waals surface area contributed by atoms with E-state index in [-0.39, 0.29) is 6.61 Å². The molecule has 20 heavy (non-hydrogen) atoms. The number of aryl methyl sites for hydroxylation is 1. The number of halogens is 1. The van der Waals surface area contributed by atoms with Gasteiger partial charge < -0.3 is 10.0 Å². The van der Waals surface area contributed by atoms with Gasteiger partial charge in [0.1, 0.15) is 0 Å². The molecule has 3 heteroatoms. The van der Waals surface area contributed by atoms with Crippen LogP contribution in [0.1, 0.15) is 23.6 Å². The molecule has 0 saturated heterocycles. The summed E-state index contributed by atoms with van der Waals surface area (Å²) in [6.07, 6.45) is 0. The van der Waals surface area contributed by atoms with Crippen LogP contribution in [0.5, 0.6) is 0 Å². The SMILES string of the molecule is CCN(Cc1cccc(C)c1)c1ccc(CO)c(Cl)c1. The topological polar surface area (TPSA) is 23.5 Å². The molecule has 0 bridgehead atoms. The Labute approximate surface area is 125 Å². The third-order valence-corrected chi connectivity index (χ3v) is 3.76. The lowest BCUT2D eigenvalue weighted by Crippen LogP contribution is -2.22. The summed E-state index contributed by atoms with van der Waals surface area (Å²) in [6.45, 7) is 5.97. The van der Waals surface area contributed by atoms with Crippen LogP contribution < -0.4 is 4.90 Å². The molecule has 0 fully saturated rings. The Balaban J connectivity index is 2.22. The van der Waals surface area contributed by atoms with Gasteiger partial charge in [-0.3, -0.25) is 0 Å². The molecule has 0 aromatic heterocycles. The molecular formula is C17H20ClNO. The first-order valence-electron chi connectivity index (χ1n) is 6.83. The van der Waals surface area contributed by atoms with Gasteiger partial charge in [0.25, 0.3) is 0 Å². The molecule has 0 spiro atoms. The first kappa shape index (κ1) is 14.9. The van der Waals surface area contributed by atoms with Crippen molar-refractivity contribution in [1.29, 1.82) is 0 Å². The van der Waals surface area contributed by atoms with E-state index in [1.807, 2.05) is 18.2 Å². The normalized spacial score (nSPS) is 10.6. The molecule has 0 aliphatic rings. The molecule has 0 amide bonds. The second-order valence-electron chi connectivity index (χ2n) is 4.94. The van der Waals surface area contributed by atoms with E-state index in [1.54, 1.807) is 0 Å². The van der Waals surface area contributed by atoms with Crippen LogP contribution >= 0.6 is 11.6 Å². The van der Waals surface area contributed by atoms with Crippen LogP contribution in [-0.2, 0) is 13.2 Å². The first-order valence-corrected chi connectivity index (χ1v) is 7.21. The lowest BCUT2D eigenvalue weighted by Gasteiger charge is -2.24. The van der Waals surface area contributed by atoms with Gasteiger partial charge in [-0.1, -0.05) is 47.5 Å². The number of benzene rings is 2. The van der Waals surface area contributed by atoms with Crippen LogP contribution in [0.2, 0.25) is 5.02 Å². The minimum absolute atomic E-state index is 0.0247.